The van der Waals surface area contributed by atoms with Crippen LogP contribution in [-0.2, 0) is 27.4 Å². The van der Waals surface area contributed by atoms with Gasteiger partial charge in [-0.25, -0.2) is 4.99 Å². The lowest BCUT2D eigenvalue weighted by Gasteiger charge is -2.33. The second kappa shape index (κ2) is 11.0. The second-order valence-electron chi connectivity index (χ2n) is 7.87. The Morgan fingerprint density at radius 2 is 1.90 bits per heavy atom. The number of nitrogens with one attached hydrogen (secondary N) is 1. The van der Waals surface area contributed by atoms with Gasteiger partial charge >= 0.3 is 5.97 Å². The Hall–Kier alpha value is -2.57. The van der Waals surface area contributed by atoms with Crippen molar-refractivity contribution in [2.45, 2.75) is 52.6 Å². The summed E-state index contributed by atoms with van der Waals surface area (Å²) >= 11 is 0. The summed E-state index contributed by atoms with van der Waals surface area (Å²) in [5.41, 5.74) is 2.31. The van der Waals surface area contributed by atoms with Gasteiger partial charge in [0.15, 0.2) is 5.96 Å². The molecule has 0 bridgehead atoms. The quantitative estimate of drug-likeness (QED) is 0.422. The van der Waals surface area contributed by atoms with Crippen LogP contribution in [0.3, 0.4) is 0 Å². The van der Waals surface area contributed by atoms with E-state index in [1.807, 2.05) is 24.0 Å². The van der Waals surface area contributed by atoms with Crippen LogP contribution >= 0.6 is 0 Å². The lowest BCUT2D eigenvalue weighted by Crippen LogP contribution is -2.46. The standard InChI is InChI=1S/C23H34N4O3/c1-3-24-23(26-14-11-18(12-15-26)22(29)30-4-2)25-16-19-8-5-6-9-20(19)17-27-13-7-10-21(27)28/h5-6,8-9,18H,3-4,7,10-17H2,1-2H3,(H,24,25). The lowest BCUT2D eigenvalue weighted by atomic mass is 9.97. The summed E-state index contributed by atoms with van der Waals surface area (Å²) in [6.07, 6.45) is 3.19. The number of benzene rings is 1. The molecule has 1 aromatic carbocycles. The van der Waals surface area contributed by atoms with Crippen LogP contribution in [0.2, 0.25) is 0 Å². The Bertz CT molecular complexity index is 757. The molecule has 7 heteroatoms. The van der Waals surface area contributed by atoms with Gasteiger partial charge in [0.05, 0.1) is 19.1 Å². The molecule has 0 unspecified atom stereocenters. The smallest absolute Gasteiger partial charge is 0.309 e. The molecule has 0 aromatic heterocycles. The predicted octanol–water partition coefficient (Wildman–Crippen LogP) is 2.55. The molecule has 2 fully saturated rings. The number of guanidine groups is 1. The fourth-order valence-electron chi connectivity index (χ4n) is 4.12. The van der Waals surface area contributed by atoms with Gasteiger partial charge in [-0.15, -0.1) is 0 Å². The monoisotopic (exact) mass is 414 g/mol. The van der Waals surface area contributed by atoms with Gasteiger partial charge < -0.3 is 19.9 Å². The molecule has 30 heavy (non-hydrogen) atoms. The minimum Gasteiger partial charge on any atom is -0.466 e. The van der Waals surface area contributed by atoms with Crippen LogP contribution in [-0.4, -0.2) is 60.4 Å². The van der Waals surface area contributed by atoms with Crippen molar-refractivity contribution in [3.8, 4) is 0 Å². The van der Waals surface area contributed by atoms with Crippen molar-refractivity contribution in [1.82, 2.24) is 15.1 Å². The molecule has 1 N–H and O–H groups in total. The molecule has 7 nitrogen and oxygen atoms in total. The zero-order valence-corrected chi connectivity index (χ0v) is 18.2. The summed E-state index contributed by atoms with van der Waals surface area (Å²) in [5, 5.41) is 3.39. The molecule has 2 aliphatic heterocycles. The number of piperidine rings is 1. The third kappa shape index (κ3) is 5.74. The highest BCUT2D eigenvalue weighted by Crippen LogP contribution is 2.20. The highest BCUT2D eigenvalue weighted by molar-refractivity contribution is 5.81. The van der Waals surface area contributed by atoms with E-state index >= 15 is 0 Å². The molecule has 2 heterocycles. The number of esters is 1. The molecule has 2 aliphatic rings. The Kier molecular flexibility index (Phi) is 8.11. The first-order chi connectivity index (χ1) is 14.6. The van der Waals surface area contributed by atoms with Gasteiger partial charge in [0, 0.05) is 39.1 Å². The van der Waals surface area contributed by atoms with Crippen LogP contribution in [0.5, 0.6) is 0 Å². The van der Waals surface area contributed by atoms with E-state index < -0.39 is 0 Å². The van der Waals surface area contributed by atoms with Crippen molar-refractivity contribution >= 4 is 17.8 Å². The molecule has 0 spiro atoms. The third-order valence-electron chi connectivity index (χ3n) is 5.80. The average molecular weight is 415 g/mol. The molecular weight excluding hydrogens is 380 g/mol. The largest absolute Gasteiger partial charge is 0.466 e. The number of rotatable bonds is 7. The van der Waals surface area contributed by atoms with Crippen LogP contribution < -0.4 is 5.32 Å². The number of aliphatic imine (C=N–C) groups is 1. The van der Waals surface area contributed by atoms with Gasteiger partial charge in [0.1, 0.15) is 0 Å². The highest BCUT2D eigenvalue weighted by atomic mass is 16.5. The van der Waals surface area contributed by atoms with Crippen molar-refractivity contribution in [2.75, 3.05) is 32.8 Å². The Morgan fingerprint density at radius 3 is 2.53 bits per heavy atom. The average Bonchev–Trinajstić information content (AvgIpc) is 3.17. The van der Waals surface area contributed by atoms with Gasteiger partial charge in [-0.1, -0.05) is 24.3 Å². The summed E-state index contributed by atoms with van der Waals surface area (Å²) in [5.74, 6) is 1.03. The number of nitrogens with zero attached hydrogens (tertiary/aromatic N) is 3. The molecule has 164 valence electrons. The van der Waals surface area contributed by atoms with E-state index in [1.165, 1.54) is 0 Å². The second-order valence-corrected chi connectivity index (χ2v) is 7.87. The van der Waals surface area contributed by atoms with Crippen molar-refractivity contribution < 1.29 is 14.3 Å². The Morgan fingerprint density at radius 1 is 1.17 bits per heavy atom. The first-order valence-corrected chi connectivity index (χ1v) is 11.2. The normalized spacial score (nSPS) is 18.1. The fraction of sp³-hybridized carbons (Fsp3) is 0.609. The van der Waals surface area contributed by atoms with Crippen LogP contribution in [0.4, 0.5) is 0 Å². The number of hydrogen-bond acceptors (Lipinski definition) is 4. The predicted molar refractivity (Wildman–Crippen MR) is 117 cm³/mol. The van der Waals surface area contributed by atoms with E-state index in [-0.39, 0.29) is 17.8 Å². The minimum absolute atomic E-state index is 0.0113. The molecule has 0 atom stereocenters. The summed E-state index contributed by atoms with van der Waals surface area (Å²) in [4.78, 5) is 33.1. The highest BCUT2D eigenvalue weighted by Gasteiger charge is 2.27. The summed E-state index contributed by atoms with van der Waals surface area (Å²) in [6.45, 7) is 8.79. The van der Waals surface area contributed by atoms with E-state index in [0.717, 1.165) is 62.5 Å². The summed E-state index contributed by atoms with van der Waals surface area (Å²) < 4.78 is 5.17. The van der Waals surface area contributed by atoms with Crippen LogP contribution in [0.25, 0.3) is 0 Å². The van der Waals surface area contributed by atoms with Gasteiger partial charge in [0.2, 0.25) is 5.91 Å². The maximum Gasteiger partial charge on any atom is 0.309 e. The van der Waals surface area contributed by atoms with Crippen molar-refractivity contribution in [3.05, 3.63) is 35.4 Å². The molecule has 0 aliphatic carbocycles. The zero-order chi connectivity index (χ0) is 21.3. The van der Waals surface area contributed by atoms with Crippen molar-refractivity contribution in [1.29, 1.82) is 0 Å². The summed E-state index contributed by atoms with van der Waals surface area (Å²) in [7, 11) is 0. The zero-order valence-electron chi connectivity index (χ0n) is 18.2. The number of hydrogen-bond donors (Lipinski definition) is 1. The first kappa shape index (κ1) is 22.1. The van der Waals surface area contributed by atoms with Crippen molar-refractivity contribution in [2.24, 2.45) is 10.9 Å². The van der Waals surface area contributed by atoms with Crippen LogP contribution in [0, 0.1) is 5.92 Å². The van der Waals surface area contributed by atoms with Gasteiger partial charge in [-0.3, -0.25) is 9.59 Å². The Labute approximate surface area is 179 Å². The SMILES string of the molecule is CCNC(=NCc1ccccc1CN1CCCC1=O)N1CCC(C(=O)OCC)CC1. The van der Waals surface area contributed by atoms with E-state index in [4.69, 9.17) is 9.73 Å². The van der Waals surface area contributed by atoms with Crippen molar-refractivity contribution in [3.63, 3.8) is 0 Å². The third-order valence-corrected chi connectivity index (χ3v) is 5.80. The van der Waals surface area contributed by atoms with Gasteiger partial charge in [-0.2, -0.15) is 0 Å². The van der Waals surface area contributed by atoms with E-state index in [9.17, 15) is 9.59 Å². The number of amides is 1. The van der Waals surface area contributed by atoms with E-state index in [2.05, 4.69) is 29.3 Å². The number of carbonyl (C=O) groups is 2. The lowest BCUT2D eigenvalue weighted by molar-refractivity contribution is -0.149. The number of ether oxygens (including phenoxy) is 1. The molecule has 3 rings (SSSR count). The first-order valence-electron chi connectivity index (χ1n) is 11.2. The maximum atomic E-state index is 12.0. The van der Waals surface area contributed by atoms with Crippen LogP contribution in [0.1, 0.15) is 50.7 Å². The van der Waals surface area contributed by atoms with E-state index in [1.54, 1.807) is 0 Å². The van der Waals surface area contributed by atoms with Gasteiger partial charge in [0.25, 0.3) is 0 Å². The topological polar surface area (TPSA) is 74.2 Å². The van der Waals surface area contributed by atoms with Gasteiger partial charge in [-0.05, 0) is 44.2 Å². The number of likely N-dealkylation sites (tertiary alicyclic amines) is 2. The molecule has 0 saturated carbocycles. The van der Waals surface area contributed by atoms with Crippen LogP contribution in [0.15, 0.2) is 29.3 Å². The fourth-order valence-corrected chi connectivity index (χ4v) is 4.12. The molecule has 0 radical (unpaired) electrons. The molecule has 2 saturated heterocycles. The maximum absolute atomic E-state index is 12.0. The summed E-state index contributed by atoms with van der Waals surface area (Å²) in [6, 6.07) is 8.23. The number of carbonyl (C=O) groups excluding carboxylic acids is 2. The molecule has 1 amide bonds. The van der Waals surface area contributed by atoms with E-state index in [0.29, 0.717) is 26.1 Å². The molecular formula is C23H34N4O3. The molecule has 1 aromatic rings. The Balaban J connectivity index is 1.64. The minimum atomic E-state index is -0.0792.